The number of rotatable bonds is 3. The third-order valence-electron chi connectivity index (χ3n) is 1.65. The lowest BCUT2D eigenvalue weighted by molar-refractivity contribution is 0.384. The van der Waals surface area contributed by atoms with Crippen LogP contribution in [0.25, 0.3) is 0 Å². The maximum absolute atomic E-state index is 10.7. The van der Waals surface area contributed by atoms with E-state index in [0.717, 1.165) is 11.4 Å². The fourth-order valence-corrected chi connectivity index (χ4v) is 2.14. The Balaban J connectivity index is 4.75. The van der Waals surface area contributed by atoms with Gasteiger partial charge in [0.1, 0.15) is 0 Å². The Morgan fingerprint density at radius 1 is 1.17 bits per heavy atom. The number of allylic oxidation sites excluding steroid dienone is 1. The molecule has 0 rings (SSSR count). The van der Waals surface area contributed by atoms with E-state index in [9.17, 15) is 4.57 Å². The van der Waals surface area contributed by atoms with Gasteiger partial charge < -0.3 is 9.79 Å². The maximum atomic E-state index is 10.7. The molecule has 0 amide bonds. The quantitative estimate of drug-likeness (QED) is 0.675. The second-order valence-electron chi connectivity index (χ2n) is 3.53. The summed E-state index contributed by atoms with van der Waals surface area (Å²) in [7, 11) is -3.99. The molecule has 0 unspecified atom stereocenters. The Morgan fingerprint density at radius 3 is 1.58 bits per heavy atom. The van der Waals surface area contributed by atoms with E-state index in [0.29, 0.717) is 0 Å². The van der Waals surface area contributed by atoms with E-state index >= 15 is 0 Å². The van der Waals surface area contributed by atoms with Gasteiger partial charge in [-0.25, -0.2) is 0 Å². The van der Waals surface area contributed by atoms with Crippen LogP contribution in [0.2, 0.25) is 0 Å². The molecule has 0 aromatic rings. The molecule has 0 saturated heterocycles. The van der Waals surface area contributed by atoms with Crippen LogP contribution in [-0.4, -0.2) is 9.79 Å². The SMILES string of the molecule is CC(C)C(=CP(=O)(O)O)C(C)C. The molecule has 0 aromatic heterocycles. The number of hydrogen-bond acceptors (Lipinski definition) is 1. The van der Waals surface area contributed by atoms with Crippen LogP contribution in [0.5, 0.6) is 0 Å². The molecule has 2 N–H and O–H groups in total. The van der Waals surface area contributed by atoms with Crippen LogP contribution in [0, 0.1) is 11.8 Å². The summed E-state index contributed by atoms with van der Waals surface area (Å²) in [5.41, 5.74) is 0.823. The van der Waals surface area contributed by atoms with Crippen LogP contribution >= 0.6 is 7.60 Å². The minimum Gasteiger partial charge on any atom is -0.321 e. The van der Waals surface area contributed by atoms with Gasteiger partial charge in [0.05, 0.1) is 0 Å². The summed E-state index contributed by atoms with van der Waals surface area (Å²) < 4.78 is 10.7. The van der Waals surface area contributed by atoms with E-state index in [1.807, 2.05) is 27.7 Å². The van der Waals surface area contributed by atoms with E-state index in [1.54, 1.807) is 0 Å². The summed E-state index contributed by atoms with van der Waals surface area (Å²) >= 11 is 0. The molecule has 0 aliphatic carbocycles. The summed E-state index contributed by atoms with van der Waals surface area (Å²) in [6.07, 6.45) is 0. The first-order valence-electron chi connectivity index (χ1n) is 4.02. The van der Waals surface area contributed by atoms with Crippen LogP contribution < -0.4 is 0 Å². The van der Waals surface area contributed by atoms with Gasteiger partial charge in [0, 0.05) is 5.82 Å². The normalized spacial score (nSPS) is 12.3. The summed E-state index contributed by atoms with van der Waals surface area (Å²) in [5, 5.41) is 0. The summed E-state index contributed by atoms with van der Waals surface area (Å²) in [6.45, 7) is 7.73. The van der Waals surface area contributed by atoms with E-state index in [4.69, 9.17) is 9.79 Å². The zero-order valence-corrected chi connectivity index (χ0v) is 8.88. The highest BCUT2D eigenvalue weighted by Gasteiger charge is 2.15. The van der Waals surface area contributed by atoms with Crippen molar-refractivity contribution < 1.29 is 14.4 Å². The average Bonchev–Trinajstić information content (AvgIpc) is 1.79. The van der Waals surface area contributed by atoms with Crippen molar-refractivity contribution in [3.8, 4) is 0 Å². The van der Waals surface area contributed by atoms with Gasteiger partial charge in [0.2, 0.25) is 0 Å². The lowest BCUT2D eigenvalue weighted by atomic mass is 9.95. The standard InChI is InChI=1S/C8H17O3P/c1-6(2)8(7(3)4)5-12(9,10)11/h5-7H,1-4H3,(H2,9,10,11). The Labute approximate surface area is 73.7 Å². The monoisotopic (exact) mass is 192 g/mol. The van der Waals surface area contributed by atoms with Crippen LogP contribution in [0.3, 0.4) is 0 Å². The number of hydrogen-bond donors (Lipinski definition) is 2. The third-order valence-corrected chi connectivity index (χ3v) is 2.29. The first kappa shape index (κ1) is 11.9. The van der Waals surface area contributed by atoms with Gasteiger partial charge in [-0.1, -0.05) is 33.3 Å². The predicted octanol–water partition coefficient (Wildman–Crippen LogP) is 2.36. The molecule has 0 aliphatic heterocycles. The molecule has 0 aliphatic rings. The van der Waals surface area contributed by atoms with Crippen molar-refractivity contribution in [3.63, 3.8) is 0 Å². The fourth-order valence-electron chi connectivity index (χ4n) is 1.16. The molecule has 0 spiro atoms. The molecule has 0 bridgehead atoms. The van der Waals surface area contributed by atoms with Crippen molar-refractivity contribution in [1.29, 1.82) is 0 Å². The van der Waals surface area contributed by atoms with E-state index in [-0.39, 0.29) is 11.8 Å². The maximum Gasteiger partial charge on any atom is 0.349 e. The van der Waals surface area contributed by atoms with Gasteiger partial charge in [-0.05, 0) is 11.8 Å². The van der Waals surface area contributed by atoms with Crippen LogP contribution in [0.1, 0.15) is 27.7 Å². The van der Waals surface area contributed by atoms with Crippen LogP contribution in [0.15, 0.2) is 11.4 Å². The molecule has 72 valence electrons. The molecule has 0 heterocycles. The van der Waals surface area contributed by atoms with Crippen molar-refractivity contribution in [2.75, 3.05) is 0 Å². The molecule has 0 aromatic carbocycles. The largest absolute Gasteiger partial charge is 0.349 e. The van der Waals surface area contributed by atoms with Crippen molar-refractivity contribution in [2.24, 2.45) is 11.8 Å². The molecule has 0 saturated carbocycles. The summed E-state index contributed by atoms with van der Waals surface area (Å²) in [6, 6.07) is 0. The highest BCUT2D eigenvalue weighted by molar-refractivity contribution is 7.55. The van der Waals surface area contributed by atoms with Gasteiger partial charge in [-0.3, -0.25) is 4.57 Å². The van der Waals surface area contributed by atoms with Crippen molar-refractivity contribution in [1.82, 2.24) is 0 Å². The van der Waals surface area contributed by atoms with Crippen molar-refractivity contribution in [2.45, 2.75) is 27.7 Å². The van der Waals surface area contributed by atoms with E-state index in [1.165, 1.54) is 0 Å². The average molecular weight is 192 g/mol. The zero-order chi connectivity index (χ0) is 9.94. The molecule has 12 heavy (non-hydrogen) atoms. The minimum absolute atomic E-state index is 0.192. The van der Waals surface area contributed by atoms with Crippen LogP contribution in [0.4, 0.5) is 0 Å². The molecule has 0 atom stereocenters. The van der Waals surface area contributed by atoms with Gasteiger partial charge in [-0.2, -0.15) is 0 Å². The lowest BCUT2D eigenvalue weighted by Crippen LogP contribution is -2.01. The highest BCUT2D eigenvalue weighted by Crippen LogP contribution is 2.40. The summed E-state index contributed by atoms with van der Waals surface area (Å²) in [4.78, 5) is 17.4. The van der Waals surface area contributed by atoms with Crippen LogP contribution in [-0.2, 0) is 4.57 Å². The fraction of sp³-hybridized carbons (Fsp3) is 0.750. The Bertz CT molecular complexity index is 202. The molecule has 3 nitrogen and oxygen atoms in total. The van der Waals surface area contributed by atoms with Gasteiger partial charge in [0.25, 0.3) is 0 Å². The zero-order valence-electron chi connectivity index (χ0n) is 7.98. The van der Waals surface area contributed by atoms with Gasteiger partial charge in [-0.15, -0.1) is 0 Å². The van der Waals surface area contributed by atoms with Gasteiger partial charge in [0.15, 0.2) is 0 Å². The first-order valence-corrected chi connectivity index (χ1v) is 5.70. The van der Waals surface area contributed by atoms with E-state index in [2.05, 4.69) is 0 Å². The molecule has 0 radical (unpaired) electrons. The molecule has 0 fully saturated rings. The van der Waals surface area contributed by atoms with Gasteiger partial charge >= 0.3 is 7.60 Å². The topological polar surface area (TPSA) is 57.5 Å². The highest BCUT2D eigenvalue weighted by atomic mass is 31.2. The predicted molar refractivity (Wildman–Crippen MR) is 49.8 cm³/mol. The second kappa shape index (κ2) is 4.22. The van der Waals surface area contributed by atoms with Crippen molar-refractivity contribution >= 4 is 7.60 Å². The van der Waals surface area contributed by atoms with Crippen molar-refractivity contribution in [3.05, 3.63) is 11.4 Å². The molecular weight excluding hydrogens is 175 g/mol. The molecular formula is C8H17O3P. The van der Waals surface area contributed by atoms with E-state index < -0.39 is 7.60 Å². The lowest BCUT2D eigenvalue weighted by Gasteiger charge is -2.15. The Kier molecular flexibility index (Phi) is 4.18. The Hall–Kier alpha value is -0.110. The first-order chi connectivity index (χ1) is 5.24. The minimum atomic E-state index is -3.99. The third kappa shape index (κ3) is 4.70. The molecule has 4 heteroatoms. The summed E-state index contributed by atoms with van der Waals surface area (Å²) in [5.74, 6) is 1.47. The smallest absolute Gasteiger partial charge is 0.321 e. The Morgan fingerprint density at radius 2 is 1.50 bits per heavy atom. The second-order valence-corrected chi connectivity index (χ2v) is 4.96.